The van der Waals surface area contributed by atoms with Crippen molar-refractivity contribution in [3.05, 3.63) is 35.9 Å². The van der Waals surface area contributed by atoms with Crippen LogP contribution in [0.1, 0.15) is 12.5 Å². The lowest BCUT2D eigenvalue weighted by Gasteiger charge is -2.13. The van der Waals surface area contributed by atoms with Crippen LogP contribution in [0.5, 0.6) is 5.75 Å². The van der Waals surface area contributed by atoms with Crippen LogP contribution in [0.4, 0.5) is 21.7 Å². The number of aromatic nitrogens is 2. The SMILES string of the molecule is CCc1c(N)ncnc1Nc1ccc(F)cc1OC. The van der Waals surface area contributed by atoms with Crippen LogP contribution in [0.3, 0.4) is 0 Å². The van der Waals surface area contributed by atoms with E-state index in [-0.39, 0.29) is 5.82 Å². The minimum atomic E-state index is -0.361. The van der Waals surface area contributed by atoms with Crippen molar-refractivity contribution in [1.29, 1.82) is 0 Å². The number of hydrogen-bond acceptors (Lipinski definition) is 5. The summed E-state index contributed by atoms with van der Waals surface area (Å²) in [5.74, 6) is 1.07. The molecule has 0 atom stereocenters. The standard InChI is InChI=1S/C13H15FN4O/c1-3-9-12(15)16-7-17-13(9)18-10-5-4-8(14)6-11(10)19-2/h4-7H,3H2,1-2H3,(H3,15,16,17,18). The number of nitrogens with one attached hydrogen (secondary N) is 1. The molecule has 0 unspecified atom stereocenters. The molecule has 100 valence electrons. The van der Waals surface area contributed by atoms with Gasteiger partial charge in [-0.25, -0.2) is 14.4 Å². The van der Waals surface area contributed by atoms with Gasteiger partial charge < -0.3 is 15.8 Å². The number of hydrogen-bond donors (Lipinski definition) is 2. The Morgan fingerprint density at radius 1 is 1.37 bits per heavy atom. The van der Waals surface area contributed by atoms with Crippen molar-refractivity contribution in [2.75, 3.05) is 18.2 Å². The van der Waals surface area contributed by atoms with Crippen LogP contribution in [0.25, 0.3) is 0 Å². The van der Waals surface area contributed by atoms with Gasteiger partial charge in [-0.1, -0.05) is 6.92 Å². The molecule has 0 aliphatic rings. The maximum Gasteiger partial charge on any atom is 0.145 e. The van der Waals surface area contributed by atoms with Crippen molar-refractivity contribution in [2.24, 2.45) is 0 Å². The summed E-state index contributed by atoms with van der Waals surface area (Å²) in [5, 5.41) is 3.09. The average molecular weight is 262 g/mol. The number of nitrogen functional groups attached to an aromatic ring is 1. The van der Waals surface area contributed by atoms with Crippen LogP contribution < -0.4 is 15.8 Å². The quantitative estimate of drug-likeness (QED) is 0.885. The van der Waals surface area contributed by atoms with E-state index in [9.17, 15) is 4.39 Å². The molecule has 0 fully saturated rings. The van der Waals surface area contributed by atoms with Crippen molar-refractivity contribution < 1.29 is 9.13 Å². The van der Waals surface area contributed by atoms with Gasteiger partial charge in [-0.15, -0.1) is 0 Å². The first-order valence-electron chi connectivity index (χ1n) is 5.85. The highest BCUT2D eigenvalue weighted by Crippen LogP contribution is 2.29. The highest BCUT2D eigenvalue weighted by atomic mass is 19.1. The van der Waals surface area contributed by atoms with Crippen LogP contribution >= 0.6 is 0 Å². The number of ether oxygens (including phenoxy) is 1. The van der Waals surface area contributed by atoms with Gasteiger partial charge in [-0.3, -0.25) is 0 Å². The zero-order valence-electron chi connectivity index (χ0n) is 10.8. The smallest absolute Gasteiger partial charge is 0.145 e. The topological polar surface area (TPSA) is 73.1 Å². The molecule has 3 N–H and O–H groups in total. The maximum absolute atomic E-state index is 13.1. The molecule has 19 heavy (non-hydrogen) atoms. The molecule has 0 spiro atoms. The highest BCUT2D eigenvalue weighted by molar-refractivity contribution is 5.68. The third-order valence-corrected chi connectivity index (χ3v) is 2.75. The molecule has 0 aliphatic carbocycles. The third-order valence-electron chi connectivity index (χ3n) is 2.75. The molecule has 2 rings (SSSR count). The van der Waals surface area contributed by atoms with E-state index in [1.54, 1.807) is 6.07 Å². The number of halogens is 1. The van der Waals surface area contributed by atoms with Crippen LogP contribution in [0, 0.1) is 5.82 Å². The number of nitrogens with two attached hydrogens (primary N) is 1. The summed E-state index contributed by atoms with van der Waals surface area (Å²) < 4.78 is 18.3. The van der Waals surface area contributed by atoms with Crippen LogP contribution in [-0.2, 0) is 6.42 Å². The van der Waals surface area contributed by atoms with Gasteiger partial charge in [0.15, 0.2) is 0 Å². The summed E-state index contributed by atoms with van der Waals surface area (Å²) in [6, 6.07) is 4.24. The fourth-order valence-electron chi connectivity index (χ4n) is 1.78. The Labute approximate surface area is 110 Å². The van der Waals surface area contributed by atoms with Crippen molar-refractivity contribution in [1.82, 2.24) is 9.97 Å². The van der Waals surface area contributed by atoms with E-state index in [4.69, 9.17) is 10.5 Å². The predicted octanol–water partition coefficient (Wildman–Crippen LogP) is 2.51. The maximum atomic E-state index is 13.1. The van der Waals surface area contributed by atoms with E-state index in [1.165, 1.54) is 25.6 Å². The number of nitrogens with zero attached hydrogens (tertiary/aromatic N) is 2. The molecule has 6 heteroatoms. The Bertz CT molecular complexity index is 589. The second kappa shape index (κ2) is 5.51. The molecular weight excluding hydrogens is 247 g/mol. The molecule has 0 amide bonds. The molecule has 1 aromatic carbocycles. The lowest BCUT2D eigenvalue weighted by Crippen LogP contribution is -2.05. The second-order valence-corrected chi connectivity index (χ2v) is 3.91. The van der Waals surface area contributed by atoms with E-state index < -0.39 is 0 Å². The largest absolute Gasteiger partial charge is 0.494 e. The zero-order valence-corrected chi connectivity index (χ0v) is 10.8. The van der Waals surface area contributed by atoms with Crippen LogP contribution in [0.2, 0.25) is 0 Å². The number of rotatable bonds is 4. The van der Waals surface area contributed by atoms with Gasteiger partial charge >= 0.3 is 0 Å². The summed E-state index contributed by atoms with van der Waals surface area (Å²) in [7, 11) is 1.48. The zero-order chi connectivity index (χ0) is 13.8. The molecule has 1 heterocycles. The monoisotopic (exact) mass is 262 g/mol. The Kier molecular flexibility index (Phi) is 3.79. The second-order valence-electron chi connectivity index (χ2n) is 3.91. The van der Waals surface area contributed by atoms with Gasteiger partial charge in [0, 0.05) is 11.6 Å². The van der Waals surface area contributed by atoms with Gasteiger partial charge in [0.2, 0.25) is 0 Å². The molecular formula is C13H15FN4O. The summed E-state index contributed by atoms with van der Waals surface area (Å²) in [4.78, 5) is 8.10. The molecule has 0 saturated heterocycles. The Morgan fingerprint density at radius 3 is 2.84 bits per heavy atom. The minimum absolute atomic E-state index is 0.361. The Balaban J connectivity index is 2.39. The Hall–Kier alpha value is -2.37. The number of anilines is 3. The van der Waals surface area contributed by atoms with Crippen molar-refractivity contribution in [3.8, 4) is 5.75 Å². The molecule has 0 radical (unpaired) electrons. The molecule has 5 nitrogen and oxygen atoms in total. The molecule has 0 bridgehead atoms. The van der Waals surface area contributed by atoms with Gasteiger partial charge in [-0.05, 0) is 18.6 Å². The molecule has 0 aliphatic heterocycles. The lowest BCUT2D eigenvalue weighted by molar-refractivity contribution is 0.413. The lowest BCUT2D eigenvalue weighted by atomic mass is 10.2. The fourth-order valence-corrected chi connectivity index (χ4v) is 1.78. The van der Waals surface area contributed by atoms with E-state index in [0.717, 1.165) is 5.56 Å². The molecule has 0 saturated carbocycles. The molecule has 2 aromatic rings. The van der Waals surface area contributed by atoms with E-state index in [2.05, 4.69) is 15.3 Å². The first-order chi connectivity index (χ1) is 9.15. The van der Waals surface area contributed by atoms with E-state index in [1.807, 2.05) is 6.92 Å². The van der Waals surface area contributed by atoms with Crippen LogP contribution in [-0.4, -0.2) is 17.1 Å². The highest BCUT2D eigenvalue weighted by Gasteiger charge is 2.10. The van der Waals surface area contributed by atoms with Gasteiger partial charge in [0.25, 0.3) is 0 Å². The van der Waals surface area contributed by atoms with Crippen molar-refractivity contribution >= 4 is 17.3 Å². The summed E-state index contributed by atoms with van der Waals surface area (Å²) in [6.45, 7) is 1.96. The van der Waals surface area contributed by atoms with Crippen molar-refractivity contribution in [2.45, 2.75) is 13.3 Å². The number of benzene rings is 1. The van der Waals surface area contributed by atoms with Crippen LogP contribution in [0.15, 0.2) is 24.5 Å². The predicted molar refractivity (Wildman–Crippen MR) is 72.1 cm³/mol. The average Bonchev–Trinajstić information content (AvgIpc) is 2.41. The van der Waals surface area contributed by atoms with Gasteiger partial charge in [-0.2, -0.15) is 0 Å². The summed E-state index contributed by atoms with van der Waals surface area (Å²) in [6.07, 6.45) is 2.07. The Morgan fingerprint density at radius 2 is 2.16 bits per heavy atom. The fraction of sp³-hybridized carbons (Fsp3) is 0.231. The minimum Gasteiger partial charge on any atom is -0.494 e. The third kappa shape index (κ3) is 2.73. The van der Waals surface area contributed by atoms with Gasteiger partial charge in [0.05, 0.1) is 12.8 Å². The summed E-state index contributed by atoms with van der Waals surface area (Å²) in [5.41, 5.74) is 7.23. The van der Waals surface area contributed by atoms with Gasteiger partial charge in [0.1, 0.15) is 29.5 Å². The number of methoxy groups -OCH3 is 1. The first-order valence-corrected chi connectivity index (χ1v) is 5.85. The normalized spacial score (nSPS) is 10.3. The van der Waals surface area contributed by atoms with E-state index >= 15 is 0 Å². The molecule has 1 aromatic heterocycles. The first kappa shape index (κ1) is 13.1. The van der Waals surface area contributed by atoms with E-state index in [0.29, 0.717) is 29.5 Å². The van der Waals surface area contributed by atoms with Crippen molar-refractivity contribution in [3.63, 3.8) is 0 Å². The summed E-state index contributed by atoms with van der Waals surface area (Å²) >= 11 is 0.